The van der Waals surface area contributed by atoms with Crippen LogP contribution in [-0.4, -0.2) is 70.8 Å². The van der Waals surface area contributed by atoms with Gasteiger partial charge in [-0.15, -0.1) is 0 Å². The molecule has 1 fully saturated rings. The molecule has 32 heavy (non-hydrogen) atoms. The number of aromatic amines is 1. The molecular formula is C24H27FN4O3. The van der Waals surface area contributed by atoms with Crippen molar-refractivity contribution in [2.75, 3.05) is 27.7 Å². The van der Waals surface area contributed by atoms with E-state index in [1.54, 1.807) is 29.3 Å². The van der Waals surface area contributed by atoms with Crippen LogP contribution in [0.3, 0.4) is 0 Å². The van der Waals surface area contributed by atoms with Crippen molar-refractivity contribution in [3.63, 3.8) is 0 Å². The second-order valence-electron chi connectivity index (χ2n) is 8.45. The first kappa shape index (κ1) is 21.8. The fourth-order valence-corrected chi connectivity index (χ4v) is 3.80. The van der Waals surface area contributed by atoms with Crippen molar-refractivity contribution >= 4 is 16.8 Å². The van der Waals surface area contributed by atoms with Gasteiger partial charge in [0.2, 0.25) is 5.91 Å². The Balaban J connectivity index is 1.46. The van der Waals surface area contributed by atoms with E-state index < -0.39 is 5.82 Å². The summed E-state index contributed by atoms with van der Waals surface area (Å²) in [5, 5.41) is 17.3. The third-order valence-electron chi connectivity index (χ3n) is 5.77. The van der Waals surface area contributed by atoms with E-state index in [-0.39, 0.29) is 23.8 Å². The van der Waals surface area contributed by atoms with Gasteiger partial charge in [0.25, 0.3) is 0 Å². The Morgan fingerprint density at radius 3 is 2.78 bits per heavy atom. The number of carbonyl (C=O) groups is 1. The van der Waals surface area contributed by atoms with Gasteiger partial charge in [0, 0.05) is 50.2 Å². The molecule has 1 amide bonds. The van der Waals surface area contributed by atoms with Crippen molar-refractivity contribution in [3.05, 3.63) is 54.5 Å². The Morgan fingerprint density at radius 2 is 2.06 bits per heavy atom. The zero-order valence-corrected chi connectivity index (χ0v) is 18.4. The van der Waals surface area contributed by atoms with Gasteiger partial charge in [-0.1, -0.05) is 6.08 Å². The van der Waals surface area contributed by atoms with Crippen LogP contribution in [0.2, 0.25) is 0 Å². The van der Waals surface area contributed by atoms with Crippen molar-refractivity contribution in [1.29, 1.82) is 0 Å². The highest BCUT2D eigenvalue weighted by Crippen LogP contribution is 2.37. The van der Waals surface area contributed by atoms with E-state index in [1.807, 2.05) is 32.1 Å². The minimum atomic E-state index is -0.513. The van der Waals surface area contributed by atoms with E-state index in [2.05, 4.69) is 10.2 Å². The van der Waals surface area contributed by atoms with Crippen LogP contribution in [0, 0.1) is 5.82 Å². The monoisotopic (exact) mass is 438 g/mol. The fourth-order valence-electron chi connectivity index (χ4n) is 3.80. The third-order valence-corrected chi connectivity index (χ3v) is 5.77. The minimum absolute atomic E-state index is 0.0164. The number of phenols is 1. The first-order chi connectivity index (χ1) is 15.3. The average Bonchev–Trinajstić information content (AvgIpc) is 3.18. The molecule has 0 radical (unpaired) electrons. The summed E-state index contributed by atoms with van der Waals surface area (Å²) in [4.78, 5) is 16.1. The van der Waals surface area contributed by atoms with Crippen LogP contribution in [0.15, 0.2) is 48.7 Å². The Kier molecular flexibility index (Phi) is 6.14. The molecule has 3 aromatic rings. The van der Waals surface area contributed by atoms with Gasteiger partial charge in [0.15, 0.2) is 0 Å². The number of benzene rings is 2. The molecule has 1 aliphatic rings. The van der Waals surface area contributed by atoms with E-state index in [0.29, 0.717) is 23.4 Å². The third kappa shape index (κ3) is 4.60. The number of hydrogen-bond acceptors (Lipinski definition) is 5. The number of hydrogen-bond donors (Lipinski definition) is 2. The molecule has 1 heterocycles. The van der Waals surface area contributed by atoms with E-state index in [0.717, 1.165) is 29.8 Å². The number of rotatable bonds is 7. The summed E-state index contributed by atoms with van der Waals surface area (Å²) >= 11 is 0. The Bertz CT molecular complexity index is 1150. The first-order valence-electron chi connectivity index (χ1n) is 10.5. The first-order valence-corrected chi connectivity index (χ1v) is 10.5. The van der Waals surface area contributed by atoms with Crippen LogP contribution in [0.25, 0.3) is 22.0 Å². The van der Waals surface area contributed by atoms with Gasteiger partial charge in [0.1, 0.15) is 23.4 Å². The van der Waals surface area contributed by atoms with E-state index in [9.17, 15) is 14.3 Å². The number of likely N-dealkylation sites (N-methyl/N-ethyl adjacent to an activating group) is 2. The quantitative estimate of drug-likeness (QED) is 0.552. The number of nitrogens with zero attached hydrogens (tertiary/aromatic N) is 3. The van der Waals surface area contributed by atoms with Crippen LogP contribution >= 0.6 is 0 Å². The largest absolute Gasteiger partial charge is 0.508 e. The van der Waals surface area contributed by atoms with Gasteiger partial charge in [0.05, 0.1) is 17.1 Å². The zero-order valence-electron chi connectivity index (χ0n) is 18.4. The summed E-state index contributed by atoms with van der Waals surface area (Å²) in [6, 6.07) is 7.79. The van der Waals surface area contributed by atoms with Gasteiger partial charge in [-0.05, 0) is 43.9 Å². The van der Waals surface area contributed by atoms with Crippen LogP contribution in [0.4, 0.5) is 4.39 Å². The van der Waals surface area contributed by atoms with Crippen LogP contribution in [0.5, 0.6) is 11.5 Å². The van der Waals surface area contributed by atoms with Crippen LogP contribution < -0.4 is 4.74 Å². The standard InChI is InChI=1S/C24H27FN4O3/c1-28(2)8-4-5-24(31)29(3)16-11-18(12-16)32-23-10-15(9-22-20(23)14-26-27-22)19-7-6-17(30)13-21(19)25/h4-7,9-10,13-14,16,18,30H,8,11-12H2,1-3H3,(H,26,27)/b5-4+. The molecule has 2 aromatic carbocycles. The highest BCUT2D eigenvalue weighted by atomic mass is 19.1. The lowest BCUT2D eigenvalue weighted by molar-refractivity contribution is -0.130. The average molecular weight is 439 g/mol. The molecule has 2 N–H and O–H groups in total. The number of carbonyl (C=O) groups excluding carboxylic acids is 1. The minimum Gasteiger partial charge on any atom is -0.508 e. The molecule has 1 aromatic heterocycles. The van der Waals surface area contributed by atoms with Crippen molar-refractivity contribution < 1.29 is 19.0 Å². The molecule has 0 unspecified atom stereocenters. The van der Waals surface area contributed by atoms with E-state index in [1.165, 1.54) is 12.1 Å². The zero-order chi connectivity index (χ0) is 22.8. The number of H-pyrrole nitrogens is 1. The lowest BCUT2D eigenvalue weighted by Crippen LogP contribution is -2.49. The molecule has 4 rings (SSSR count). The van der Waals surface area contributed by atoms with Gasteiger partial charge < -0.3 is 19.6 Å². The summed E-state index contributed by atoms with van der Waals surface area (Å²) < 4.78 is 20.6. The second kappa shape index (κ2) is 9.00. The van der Waals surface area contributed by atoms with Crippen molar-refractivity contribution in [2.24, 2.45) is 0 Å². The molecule has 0 saturated heterocycles. The SMILES string of the molecule is CN(C)C/C=C/C(=O)N(C)C1CC(Oc2cc(-c3ccc(O)cc3F)cc3[nH]ncc23)C1. The highest BCUT2D eigenvalue weighted by Gasteiger charge is 2.35. The maximum Gasteiger partial charge on any atom is 0.246 e. The molecule has 0 spiro atoms. The van der Waals surface area contributed by atoms with Gasteiger partial charge in [-0.3, -0.25) is 9.89 Å². The number of halogens is 1. The molecule has 1 aliphatic carbocycles. The Hall–Kier alpha value is -3.39. The maximum absolute atomic E-state index is 14.4. The molecule has 168 valence electrons. The molecule has 0 bridgehead atoms. The summed E-state index contributed by atoms with van der Waals surface area (Å²) in [6.45, 7) is 0.717. The predicted octanol–water partition coefficient (Wildman–Crippen LogP) is 3.56. The lowest BCUT2D eigenvalue weighted by atomic mass is 9.88. The van der Waals surface area contributed by atoms with E-state index in [4.69, 9.17) is 4.74 Å². The molecular weight excluding hydrogens is 411 g/mol. The van der Waals surface area contributed by atoms with Gasteiger partial charge >= 0.3 is 0 Å². The molecule has 1 saturated carbocycles. The lowest BCUT2D eigenvalue weighted by Gasteiger charge is -2.40. The number of fused-ring (bicyclic) bond motifs is 1. The van der Waals surface area contributed by atoms with Gasteiger partial charge in [-0.25, -0.2) is 4.39 Å². The fraction of sp³-hybridized carbons (Fsp3) is 0.333. The topological polar surface area (TPSA) is 81.7 Å². The normalized spacial score (nSPS) is 18.3. The number of ether oxygens (including phenoxy) is 1. The maximum atomic E-state index is 14.4. The predicted molar refractivity (Wildman–Crippen MR) is 121 cm³/mol. The van der Waals surface area contributed by atoms with Crippen molar-refractivity contribution in [1.82, 2.24) is 20.0 Å². The van der Waals surface area contributed by atoms with Crippen LogP contribution in [0.1, 0.15) is 12.8 Å². The van der Waals surface area contributed by atoms with E-state index >= 15 is 0 Å². The summed E-state index contributed by atoms with van der Waals surface area (Å²) in [6.07, 6.45) is 6.55. The summed E-state index contributed by atoms with van der Waals surface area (Å²) in [7, 11) is 5.72. The Morgan fingerprint density at radius 1 is 1.28 bits per heavy atom. The smallest absolute Gasteiger partial charge is 0.246 e. The number of amides is 1. The number of aromatic hydroxyl groups is 1. The number of nitrogens with one attached hydrogen (secondary N) is 1. The van der Waals surface area contributed by atoms with Gasteiger partial charge in [-0.2, -0.15) is 5.10 Å². The second-order valence-corrected chi connectivity index (χ2v) is 8.45. The van der Waals surface area contributed by atoms with Crippen LogP contribution in [-0.2, 0) is 4.79 Å². The molecule has 0 atom stereocenters. The van der Waals surface area contributed by atoms with Crippen molar-refractivity contribution in [3.8, 4) is 22.6 Å². The number of aromatic nitrogens is 2. The molecule has 0 aliphatic heterocycles. The molecule has 8 heteroatoms. The summed E-state index contributed by atoms with van der Waals surface area (Å²) in [5.74, 6) is -0.0404. The number of phenolic OH excluding ortho intramolecular Hbond substituents is 1. The highest BCUT2D eigenvalue weighted by molar-refractivity contribution is 5.90. The molecule has 7 nitrogen and oxygen atoms in total. The Labute approximate surface area is 186 Å². The van der Waals surface area contributed by atoms with Crippen molar-refractivity contribution in [2.45, 2.75) is 25.0 Å². The summed E-state index contributed by atoms with van der Waals surface area (Å²) in [5.41, 5.74) is 1.73.